The summed E-state index contributed by atoms with van der Waals surface area (Å²) in [6.07, 6.45) is -0.859. The summed E-state index contributed by atoms with van der Waals surface area (Å²) in [4.78, 5) is 14.5. The molecule has 1 aliphatic rings. The van der Waals surface area contributed by atoms with E-state index in [-0.39, 0.29) is 18.6 Å². The van der Waals surface area contributed by atoms with Gasteiger partial charge in [0.1, 0.15) is 5.75 Å². The van der Waals surface area contributed by atoms with E-state index in [1.807, 2.05) is 0 Å². The number of halogens is 3. The van der Waals surface area contributed by atoms with Crippen molar-refractivity contribution >= 4 is 40.7 Å². The van der Waals surface area contributed by atoms with E-state index in [9.17, 15) is 4.79 Å². The molecule has 8 heteroatoms. The minimum atomic E-state index is -0.630. The molecule has 1 fully saturated rings. The molecule has 1 saturated heterocycles. The van der Waals surface area contributed by atoms with Crippen LogP contribution < -0.4 is 4.74 Å². The lowest BCUT2D eigenvalue weighted by Gasteiger charge is -2.34. The molecule has 0 saturated carbocycles. The van der Waals surface area contributed by atoms with Crippen molar-refractivity contribution in [3.8, 4) is 5.75 Å². The lowest BCUT2D eigenvalue weighted by atomic mass is 10.2. The summed E-state index contributed by atoms with van der Waals surface area (Å²) in [5.41, 5.74) is 0.739. The molecule has 29 heavy (non-hydrogen) atoms. The van der Waals surface area contributed by atoms with Gasteiger partial charge in [0, 0.05) is 33.7 Å². The molecule has 2 atom stereocenters. The maximum atomic E-state index is 12.8. The fourth-order valence-corrected chi connectivity index (χ4v) is 3.72. The van der Waals surface area contributed by atoms with E-state index in [0.29, 0.717) is 47.1 Å². The second kappa shape index (κ2) is 10.5. The van der Waals surface area contributed by atoms with E-state index in [1.165, 1.54) is 0 Å². The Kier molecular flexibility index (Phi) is 8.04. The van der Waals surface area contributed by atoms with Gasteiger partial charge in [-0.05, 0) is 37.3 Å². The molecule has 2 aromatic rings. The summed E-state index contributed by atoms with van der Waals surface area (Å²) in [5.74, 6) is 0.454. The van der Waals surface area contributed by atoms with Crippen LogP contribution in [0.1, 0.15) is 12.5 Å². The maximum absolute atomic E-state index is 12.8. The van der Waals surface area contributed by atoms with Crippen LogP contribution in [0.5, 0.6) is 5.75 Å². The molecule has 5 nitrogen and oxygen atoms in total. The first-order valence-corrected chi connectivity index (χ1v) is 10.4. The van der Waals surface area contributed by atoms with Crippen LogP contribution in [0, 0.1) is 0 Å². The van der Waals surface area contributed by atoms with Crippen LogP contribution in [0.4, 0.5) is 0 Å². The summed E-state index contributed by atoms with van der Waals surface area (Å²) in [7, 11) is 0. The van der Waals surface area contributed by atoms with Crippen molar-refractivity contribution in [2.45, 2.75) is 25.7 Å². The number of rotatable bonds is 7. The highest BCUT2D eigenvalue weighted by Gasteiger charge is 2.28. The number of hydrogen-bond donors (Lipinski definition) is 0. The van der Waals surface area contributed by atoms with Gasteiger partial charge in [-0.25, -0.2) is 0 Å². The van der Waals surface area contributed by atoms with E-state index in [0.717, 1.165) is 5.56 Å². The van der Waals surface area contributed by atoms with Crippen LogP contribution in [0.3, 0.4) is 0 Å². The molecule has 0 aliphatic carbocycles. The van der Waals surface area contributed by atoms with Crippen molar-refractivity contribution in [1.29, 1.82) is 0 Å². The minimum Gasteiger partial charge on any atom is -0.481 e. The van der Waals surface area contributed by atoms with Crippen LogP contribution in [-0.4, -0.2) is 49.3 Å². The summed E-state index contributed by atoms with van der Waals surface area (Å²) in [5, 5.41) is 1.68. The van der Waals surface area contributed by atoms with Gasteiger partial charge in [0.2, 0.25) is 0 Å². The van der Waals surface area contributed by atoms with Gasteiger partial charge in [-0.3, -0.25) is 4.79 Å². The molecular weight excluding hydrogens is 437 g/mol. The van der Waals surface area contributed by atoms with Gasteiger partial charge in [0.05, 0.1) is 25.9 Å². The summed E-state index contributed by atoms with van der Waals surface area (Å²) < 4.78 is 17.2. The zero-order valence-electron chi connectivity index (χ0n) is 15.9. The number of amides is 1. The summed E-state index contributed by atoms with van der Waals surface area (Å²) in [6.45, 7) is 3.71. The lowest BCUT2D eigenvalue weighted by molar-refractivity contribution is -0.148. The molecule has 0 aromatic heterocycles. The molecule has 2 aromatic carbocycles. The van der Waals surface area contributed by atoms with Crippen molar-refractivity contribution in [1.82, 2.24) is 4.90 Å². The van der Waals surface area contributed by atoms with Gasteiger partial charge in [-0.1, -0.05) is 46.9 Å². The normalized spacial score (nSPS) is 17.8. The van der Waals surface area contributed by atoms with Crippen molar-refractivity contribution in [2.75, 3.05) is 26.3 Å². The molecule has 2 unspecified atom stereocenters. The average molecular weight is 459 g/mol. The number of carbonyl (C=O) groups excluding carboxylic acids is 1. The van der Waals surface area contributed by atoms with E-state index in [1.54, 1.807) is 54.3 Å². The number of nitrogens with zero attached hydrogens (tertiary/aromatic N) is 1. The Labute approximate surface area is 185 Å². The molecule has 0 N–H and O–H groups in total. The average Bonchev–Trinajstić information content (AvgIpc) is 2.70. The van der Waals surface area contributed by atoms with Crippen LogP contribution >= 0.6 is 34.8 Å². The van der Waals surface area contributed by atoms with E-state index in [2.05, 4.69) is 0 Å². The van der Waals surface area contributed by atoms with Crippen molar-refractivity contribution in [2.24, 2.45) is 0 Å². The van der Waals surface area contributed by atoms with Crippen molar-refractivity contribution in [3.05, 3.63) is 63.1 Å². The number of carbonyl (C=O) groups is 1. The molecule has 1 amide bonds. The Hall–Kier alpha value is -1.50. The molecular formula is C21H22Cl3NO4. The second-order valence-electron chi connectivity index (χ2n) is 6.71. The smallest absolute Gasteiger partial charge is 0.263 e. The van der Waals surface area contributed by atoms with Gasteiger partial charge in [-0.2, -0.15) is 0 Å². The van der Waals surface area contributed by atoms with Crippen LogP contribution in [-0.2, 0) is 20.9 Å². The highest BCUT2D eigenvalue weighted by molar-refractivity contribution is 6.35. The first kappa shape index (κ1) is 22.2. The van der Waals surface area contributed by atoms with Gasteiger partial charge < -0.3 is 19.1 Å². The van der Waals surface area contributed by atoms with Gasteiger partial charge in [-0.15, -0.1) is 0 Å². The van der Waals surface area contributed by atoms with Gasteiger partial charge in [0.25, 0.3) is 5.91 Å². The van der Waals surface area contributed by atoms with Crippen LogP contribution in [0.25, 0.3) is 0 Å². The Bertz CT molecular complexity index is 828. The summed E-state index contributed by atoms with van der Waals surface area (Å²) in [6, 6.07) is 12.3. The maximum Gasteiger partial charge on any atom is 0.263 e. The molecule has 1 heterocycles. The quantitative estimate of drug-likeness (QED) is 0.594. The Balaban J connectivity index is 1.50. The Morgan fingerprint density at radius 2 is 1.93 bits per heavy atom. The molecule has 3 rings (SSSR count). The lowest BCUT2D eigenvalue weighted by Crippen LogP contribution is -2.50. The predicted molar refractivity (Wildman–Crippen MR) is 114 cm³/mol. The standard InChI is InChI=1S/C21H22Cl3NO4/c1-14(29-16-5-2-4-15(22)10-16)21(26)25-8-9-28-17(11-25)12-27-13-18-19(23)6-3-7-20(18)24/h2-7,10,14,17H,8-9,11-13H2,1H3. The number of benzene rings is 2. The highest BCUT2D eigenvalue weighted by atomic mass is 35.5. The van der Waals surface area contributed by atoms with Gasteiger partial charge >= 0.3 is 0 Å². The van der Waals surface area contributed by atoms with E-state index < -0.39 is 6.10 Å². The third-order valence-corrected chi connectivity index (χ3v) is 5.46. The molecule has 0 bridgehead atoms. The van der Waals surface area contributed by atoms with Gasteiger partial charge in [0.15, 0.2) is 6.10 Å². The monoisotopic (exact) mass is 457 g/mol. The third kappa shape index (κ3) is 6.24. The van der Waals surface area contributed by atoms with Crippen molar-refractivity contribution in [3.63, 3.8) is 0 Å². The largest absolute Gasteiger partial charge is 0.481 e. The highest BCUT2D eigenvalue weighted by Crippen LogP contribution is 2.25. The van der Waals surface area contributed by atoms with Crippen LogP contribution in [0.15, 0.2) is 42.5 Å². The first-order chi connectivity index (χ1) is 13.9. The fourth-order valence-electron chi connectivity index (χ4n) is 3.03. The number of ether oxygens (including phenoxy) is 3. The van der Waals surface area contributed by atoms with Crippen LogP contribution in [0.2, 0.25) is 15.1 Å². The number of morpholine rings is 1. The Morgan fingerprint density at radius 3 is 2.66 bits per heavy atom. The Morgan fingerprint density at radius 1 is 1.21 bits per heavy atom. The van der Waals surface area contributed by atoms with E-state index >= 15 is 0 Å². The van der Waals surface area contributed by atoms with E-state index in [4.69, 9.17) is 49.0 Å². The predicted octanol–water partition coefficient (Wildman–Crippen LogP) is 4.86. The number of hydrogen-bond acceptors (Lipinski definition) is 4. The second-order valence-corrected chi connectivity index (χ2v) is 7.96. The zero-order valence-corrected chi connectivity index (χ0v) is 18.2. The minimum absolute atomic E-state index is 0.104. The molecule has 1 aliphatic heterocycles. The summed E-state index contributed by atoms with van der Waals surface area (Å²) >= 11 is 18.3. The SMILES string of the molecule is CC(Oc1cccc(Cl)c1)C(=O)N1CCOC(COCc2c(Cl)cccc2Cl)C1. The topological polar surface area (TPSA) is 48.0 Å². The fraction of sp³-hybridized carbons (Fsp3) is 0.381. The third-order valence-electron chi connectivity index (χ3n) is 4.52. The molecule has 156 valence electrons. The van der Waals surface area contributed by atoms with Crippen molar-refractivity contribution < 1.29 is 19.0 Å². The molecule has 0 spiro atoms. The first-order valence-electron chi connectivity index (χ1n) is 9.27. The molecule has 0 radical (unpaired) electrons. The zero-order chi connectivity index (χ0) is 20.8.